The number of aromatic nitrogens is 4. The summed E-state index contributed by atoms with van der Waals surface area (Å²) in [5.41, 5.74) is 1.75. The van der Waals surface area contributed by atoms with Crippen LogP contribution in [0.3, 0.4) is 0 Å². The number of nitrogens with zero attached hydrogens (tertiary/aromatic N) is 4. The highest BCUT2D eigenvalue weighted by Crippen LogP contribution is 2.13. The maximum atomic E-state index is 12.7. The van der Waals surface area contributed by atoms with Crippen LogP contribution >= 0.6 is 0 Å². The van der Waals surface area contributed by atoms with Crippen LogP contribution in [-0.2, 0) is 13.6 Å². The quantitative estimate of drug-likeness (QED) is 0.607. The minimum atomic E-state index is -0.530. The topological polar surface area (TPSA) is 81.8 Å². The molecule has 0 aliphatic rings. The van der Waals surface area contributed by atoms with Gasteiger partial charge in [-0.2, -0.15) is 10.2 Å². The van der Waals surface area contributed by atoms with Gasteiger partial charge in [0.05, 0.1) is 12.1 Å². The molecule has 0 aliphatic carbocycles. The summed E-state index contributed by atoms with van der Waals surface area (Å²) < 4.78 is 3.33. The van der Waals surface area contributed by atoms with Gasteiger partial charge >= 0.3 is 0 Å². The van der Waals surface area contributed by atoms with Gasteiger partial charge in [0, 0.05) is 30.5 Å². The molecule has 0 radical (unpaired) electrons. The third-order valence-corrected chi connectivity index (χ3v) is 4.27. The molecule has 4 aromatic rings. The average molecular weight is 359 g/mol. The Kier molecular flexibility index (Phi) is 4.25. The summed E-state index contributed by atoms with van der Waals surface area (Å²) in [5.74, 6) is -0.530. The van der Waals surface area contributed by atoms with E-state index in [1.165, 1.54) is 0 Å². The third-order valence-electron chi connectivity index (χ3n) is 4.27. The van der Waals surface area contributed by atoms with Crippen molar-refractivity contribution in [3.63, 3.8) is 0 Å². The van der Waals surface area contributed by atoms with Crippen molar-refractivity contribution < 1.29 is 4.79 Å². The second kappa shape index (κ2) is 6.87. The second-order valence-electron chi connectivity index (χ2n) is 6.18. The highest BCUT2D eigenvalue weighted by atomic mass is 16.2. The minimum Gasteiger partial charge on any atom is -0.320 e. The van der Waals surface area contributed by atoms with Crippen molar-refractivity contribution in [3.8, 4) is 0 Å². The van der Waals surface area contributed by atoms with Gasteiger partial charge in [-0.15, -0.1) is 0 Å². The summed E-state index contributed by atoms with van der Waals surface area (Å²) in [4.78, 5) is 25.3. The van der Waals surface area contributed by atoms with Gasteiger partial charge in [-0.1, -0.05) is 24.3 Å². The highest BCUT2D eigenvalue weighted by molar-refractivity contribution is 6.04. The van der Waals surface area contributed by atoms with Crippen LogP contribution in [0.4, 0.5) is 5.69 Å². The predicted molar refractivity (Wildman–Crippen MR) is 103 cm³/mol. The largest absolute Gasteiger partial charge is 0.320 e. The number of para-hydroxylation sites is 1. The summed E-state index contributed by atoms with van der Waals surface area (Å²) in [7, 11) is 1.71. The van der Waals surface area contributed by atoms with E-state index in [2.05, 4.69) is 15.5 Å². The summed E-state index contributed by atoms with van der Waals surface area (Å²) in [6.07, 6.45) is 3.58. The molecular weight excluding hydrogens is 342 g/mol. The molecule has 0 saturated heterocycles. The van der Waals surface area contributed by atoms with E-state index in [0.29, 0.717) is 23.1 Å². The monoisotopic (exact) mass is 359 g/mol. The number of hydrogen-bond acceptors (Lipinski definition) is 4. The van der Waals surface area contributed by atoms with Gasteiger partial charge in [0.2, 0.25) is 5.43 Å². The maximum absolute atomic E-state index is 12.7. The van der Waals surface area contributed by atoms with Crippen LogP contribution in [0.2, 0.25) is 0 Å². The van der Waals surface area contributed by atoms with Crippen LogP contribution in [0, 0.1) is 0 Å². The number of rotatable bonds is 4. The standard InChI is InChI=1S/C20H17N5O2/c1-24-17-9-3-2-8-16(17)19(26)18(23-24)20(27)22-15-7-4-6-14(12-15)13-25-11-5-10-21-25/h2-12H,13H2,1H3,(H,22,27). The first kappa shape index (κ1) is 16.7. The summed E-state index contributed by atoms with van der Waals surface area (Å²) >= 11 is 0. The Bertz CT molecular complexity index is 1180. The Morgan fingerprint density at radius 1 is 1.11 bits per heavy atom. The Balaban J connectivity index is 1.62. The molecule has 7 heteroatoms. The number of carbonyl (C=O) groups is 1. The summed E-state index contributed by atoms with van der Waals surface area (Å²) in [6, 6.07) is 16.4. The van der Waals surface area contributed by atoms with Crippen molar-refractivity contribution in [1.29, 1.82) is 0 Å². The van der Waals surface area contributed by atoms with E-state index in [9.17, 15) is 9.59 Å². The van der Waals surface area contributed by atoms with Gasteiger partial charge in [-0.3, -0.25) is 19.0 Å². The number of hydrogen-bond donors (Lipinski definition) is 1. The van der Waals surface area contributed by atoms with Gasteiger partial charge in [-0.25, -0.2) is 0 Å². The number of carbonyl (C=O) groups excluding carboxylic acids is 1. The Morgan fingerprint density at radius 2 is 1.96 bits per heavy atom. The molecule has 1 N–H and O–H groups in total. The summed E-state index contributed by atoms with van der Waals surface area (Å²) in [6.45, 7) is 0.590. The molecular formula is C20H17N5O2. The molecule has 7 nitrogen and oxygen atoms in total. The fourth-order valence-corrected chi connectivity index (χ4v) is 2.99. The van der Waals surface area contributed by atoms with E-state index in [0.717, 1.165) is 5.56 Å². The van der Waals surface area contributed by atoms with Gasteiger partial charge < -0.3 is 5.32 Å². The average Bonchev–Trinajstić information content (AvgIpc) is 3.18. The lowest BCUT2D eigenvalue weighted by molar-refractivity contribution is 0.101. The van der Waals surface area contributed by atoms with Crippen LogP contribution in [0.15, 0.2) is 71.8 Å². The Morgan fingerprint density at radius 3 is 2.78 bits per heavy atom. The lowest BCUT2D eigenvalue weighted by Gasteiger charge is -2.09. The fraction of sp³-hybridized carbons (Fsp3) is 0.100. The molecule has 4 rings (SSSR count). The molecule has 2 heterocycles. The van der Waals surface area contributed by atoms with E-state index in [4.69, 9.17) is 0 Å². The smallest absolute Gasteiger partial charge is 0.280 e. The van der Waals surface area contributed by atoms with Crippen LogP contribution < -0.4 is 10.7 Å². The zero-order chi connectivity index (χ0) is 18.8. The van der Waals surface area contributed by atoms with Crippen LogP contribution in [0.25, 0.3) is 10.9 Å². The van der Waals surface area contributed by atoms with E-state index in [1.54, 1.807) is 46.9 Å². The van der Waals surface area contributed by atoms with Gasteiger partial charge in [0.15, 0.2) is 5.69 Å². The van der Waals surface area contributed by atoms with Crippen molar-refractivity contribution in [2.75, 3.05) is 5.32 Å². The molecule has 0 spiro atoms. The number of aryl methyl sites for hydroxylation is 1. The van der Waals surface area contributed by atoms with E-state index in [1.807, 2.05) is 36.5 Å². The Labute approximate surface area is 154 Å². The van der Waals surface area contributed by atoms with Crippen LogP contribution in [0.5, 0.6) is 0 Å². The van der Waals surface area contributed by atoms with Crippen LogP contribution in [0.1, 0.15) is 16.1 Å². The number of fused-ring (bicyclic) bond motifs is 1. The zero-order valence-corrected chi connectivity index (χ0v) is 14.7. The number of nitrogens with one attached hydrogen (secondary N) is 1. The predicted octanol–water partition coefficient (Wildman–Crippen LogP) is 2.43. The first-order valence-electron chi connectivity index (χ1n) is 8.45. The summed E-state index contributed by atoms with van der Waals surface area (Å²) in [5, 5.41) is 11.6. The first-order valence-corrected chi connectivity index (χ1v) is 8.45. The molecule has 0 unspecified atom stereocenters. The molecule has 27 heavy (non-hydrogen) atoms. The van der Waals surface area contributed by atoms with Crippen LogP contribution in [-0.4, -0.2) is 25.5 Å². The molecule has 0 aliphatic heterocycles. The fourth-order valence-electron chi connectivity index (χ4n) is 2.99. The van der Waals surface area contributed by atoms with Crippen molar-refractivity contribution in [2.45, 2.75) is 6.54 Å². The molecule has 0 saturated carbocycles. The Hall–Kier alpha value is -3.74. The van der Waals surface area contributed by atoms with Gasteiger partial charge in [0.25, 0.3) is 5.91 Å². The maximum Gasteiger partial charge on any atom is 0.280 e. The third kappa shape index (κ3) is 3.35. The molecule has 0 fully saturated rings. The molecule has 1 amide bonds. The van der Waals surface area contributed by atoms with Crippen molar-refractivity contribution >= 4 is 22.5 Å². The lowest BCUT2D eigenvalue weighted by atomic mass is 10.1. The van der Waals surface area contributed by atoms with Crippen molar-refractivity contribution in [3.05, 3.63) is 88.5 Å². The lowest BCUT2D eigenvalue weighted by Crippen LogP contribution is -2.26. The van der Waals surface area contributed by atoms with E-state index < -0.39 is 5.91 Å². The normalized spacial score (nSPS) is 10.9. The number of anilines is 1. The van der Waals surface area contributed by atoms with Crippen molar-refractivity contribution in [2.24, 2.45) is 7.05 Å². The van der Waals surface area contributed by atoms with Gasteiger partial charge in [0.1, 0.15) is 0 Å². The van der Waals surface area contributed by atoms with E-state index >= 15 is 0 Å². The van der Waals surface area contributed by atoms with Gasteiger partial charge in [-0.05, 0) is 35.9 Å². The number of benzene rings is 2. The molecule has 2 aromatic carbocycles. The molecule has 134 valence electrons. The first-order chi connectivity index (χ1) is 13.1. The zero-order valence-electron chi connectivity index (χ0n) is 14.7. The minimum absolute atomic E-state index is 0.131. The highest BCUT2D eigenvalue weighted by Gasteiger charge is 2.16. The second-order valence-corrected chi connectivity index (χ2v) is 6.18. The van der Waals surface area contributed by atoms with E-state index in [-0.39, 0.29) is 11.1 Å². The number of amides is 1. The SMILES string of the molecule is Cn1nc(C(=O)Nc2cccc(Cn3cccn3)c2)c(=O)c2ccccc21. The molecule has 0 atom stereocenters. The molecule has 2 aromatic heterocycles. The van der Waals surface area contributed by atoms with Crippen molar-refractivity contribution in [1.82, 2.24) is 19.6 Å². The molecule has 0 bridgehead atoms.